The van der Waals surface area contributed by atoms with Crippen molar-refractivity contribution in [2.24, 2.45) is 5.11 Å². The number of nitrogens with zero attached hydrogens (tertiary/aromatic N) is 3. The monoisotopic (exact) mass is 1420 g/mol. The van der Waals surface area contributed by atoms with Gasteiger partial charge < -0.3 is 86.0 Å². The van der Waals surface area contributed by atoms with E-state index in [1.807, 2.05) is 127 Å². The topological polar surface area (TPSA) is 285 Å². The summed E-state index contributed by atoms with van der Waals surface area (Å²) in [6.45, 7) is 3.72. The van der Waals surface area contributed by atoms with Gasteiger partial charge in [0, 0.05) is 36.5 Å². The Labute approximate surface area is 584 Å². The number of halogens is 3. The summed E-state index contributed by atoms with van der Waals surface area (Å²) < 4.78 is 99.0. The number of rotatable bonds is 35. The van der Waals surface area contributed by atoms with E-state index in [-0.39, 0.29) is 83.6 Å². The van der Waals surface area contributed by atoms with Gasteiger partial charge in [0.05, 0.1) is 58.6 Å². The zero-order valence-electron chi connectivity index (χ0n) is 54.6. The molecule has 0 bridgehead atoms. The highest BCUT2D eigenvalue weighted by Crippen LogP contribution is 2.41. The molecule has 4 fully saturated rings. The number of esters is 2. The van der Waals surface area contributed by atoms with E-state index >= 15 is 0 Å². The first-order valence-electron chi connectivity index (χ1n) is 32.7. The molecule has 0 aliphatic carbocycles. The van der Waals surface area contributed by atoms with Crippen molar-refractivity contribution < 1.29 is 95.0 Å². The largest absolute Gasteiger partial charge is 0.455 e. The number of amides is 1. The van der Waals surface area contributed by atoms with Crippen LogP contribution in [0.25, 0.3) is 10.4 Å². The van der Waals surface area contributed by atoms with Crippen molar-refractivity contribution >= 4 is 64.4 Å². The van der Waals surface area contributed by atoms with Crippen LogP contribution >= 0.6 is 34.8 Å². The van der Waals surface area contributed by atoms with Gasteiger partial charge >= 0.3 is 18.0 Å². The molecule has 0 saturated carbocycles. The van der Waals surface area contributed by atoms with Gasteiger partial charge in [0.1, 0.15) is 73.0 Å². The third kappa shape index (κ3) is 23.5. The fourth-order valence-corrected chi connectivity index (χ4v) is 11.7. The number of unbranched alkanes of at least 4 members (excludes halogenated alkanes) is 2. The van der Waals surface area contributed by atoms with Crippen LogP contribution < -0.4 is 5.32 Å². The fraction of sp³-hybridized carbons (Fsp3) is 0.507. The number of alkyl halides is 3. The lowest BCUT2D eigenvalue weighted by Gasteiger charge is -2.52. The van der Waals surface area contributed by atoms with Gasteiger partial charge in [0.15, 0.2) is 37.4 Å². The quantitative estimate of drug-likeness (QED) is 0.00750. The first-order chi connectivity index (χ1) is 47.5. The molecular formula is C71H83Cl3N4O20. The summed E-state index contributed by atoms with van der Waals surface area (Å²) >= 11 is 18.6. The van der Waals surface area contributed by atoms with Crippen LogP contribution in [0.1, 0.15) is 99.8 Å². The Hall–Kier alpha value is -6.65. The third-order valence-electron chi connectivity index (χ3n) is 16.4. The van der Waals surface area contributed by atoms with Crippen LogP contribution in [0.15, 0.2) is 157 Å². The van der Waals surface area contributed by atoms with Crippen molar-refractivity contribution in [3.63, 3.8) is 0 Å². The van der Waals surface area contributed by atoms with E-state index in [4.69, 9.17) is 111 Å². The number of ether oxygens (including phenoxy) is 15. The maximum atomic E-state index is 14.5. The summed E-state index contributed by atoms with van der Waals surface area (Å²) in [4.78, 5) is 70.8. The first kappa shape index (κ1) is 75.5. The molecule has 9 rings (SSSR count). The van der Waals surface area contributed by atoms with Gasteiger partial charge in [-0.2, -0.15) is 0 Å². The first-order valence-corrected chi connectivity index (χ1v) is 33.8. The summed E-state index contributed by atoms with van der Waals surface area (Å²) in [6, 6.07) is 45.3. The molecule has 5 aromatic carbocycles. The number of hydrogen-bond donors (Lipinski definition) is 1. The molecule has 1 amide bonds. The smallest absolute Gasteiger partial charge is 0.407 e. The second-order valence-corrected chi connectivity index (χ2v) is 26.5. The maximum absolute atomic E-state index is 14.5. The number of nitrogens with one attached hydrogen (secondary N) is 1. The van der Waals surface area contributed by atoms with Gasteiger partial charge in [-0.1, -0.05) is 198 Å². The molecule has 16 atom stereocenters. The van der Waals surface area contributed by atoms with Crippen LogP contribution in [0, 0.1) is 0 Å². The van der Waals surface area contributed by atoms with Crippen LogP contribution in [0.4, 0.5) is 4.79 Å². The van der Waals surface area contributed by atoms with Crippen LogP contribution in [-0.2, 0) is 117 Å². The zero-order chi connectivity index (χ0) is 69.2. The molecular weight excluding hydrogens is 1340 g/mol. The lowest BCUT2D eigenvalue weighted by atomic mass is 9.93. The lowest BCUT2D eigenvalue weighted by molar-refractivity contribution is -0.394. The summed E-state index contributed by atoms with van der Waals surface area (Å²) in [5.41, 5.74) is 12.9. The average Bonchev–Trinajstić information content (AvgIpc) is 0.761. The second-order valence-electron chi connectivity index (χ2n) is 24.0. The van der Waals surface area contributed by atoms with Crippen LogP contribution in [0.5, 0.6) is 0 Å². The Bertz CT molecular complexity index is 3310. The minimum absolute atomic E-state index is 0.00149. The van der Waals surface area contributed by atoms with Gasteiger partial charge in [0.2, 0.25) is 3.79 Å². The van der Waals surface area contributed by atoms with E-state index in [2.05, 4.69) is 15.3 Å². The molecule has 4 saturated heterocycles. The molecule has 528 valence electrons. The standard InChI is InChI=1S/C71H83Cl3N4O20/c1-45(79)32-34-55(81)94-63-60-54(43-89-66(96-60)52-30-18-8-19-31-52)93-69(65(63)95-56(82)35-33-46(2)80)97-59-53(42-84-38-48-22-10-4-11-23-48)92-67(85-37-21-9-20-36-76-78-75)57(77-70(83)90-44-71(72,73)74)61(59)98-68-64(88-41-51-28-16-7-17-29-51)62(87-40-50-26-14-6-15-27-50)58(47(3)91-68)86-39-49-24-12-5-13-25-49/h4-8,10-19,22-31,47,53-54,57-69H,9,20-21,32-44H2,1-3H3,(H,77,83)/t47-,53+,54+,57+,58+,59+,60-,61+,62+,63-,64-,65+,66-,67+,68-,69-/m0/s1. The minimum Gasteiger partial charge on any atom is -0.455 e. The van der Waals surface area contributed by atoms with Crippen molar-refractivity contribution in [2.45, 2.75) is 194 Å². The Balaban J connectivity index is 1.19. The molecule has 0 radical (unpaired) electrons. The number of carbonyl (C=O) groups excluding carboxylic acids is 5. The molecule has 98 heavy (non-hydrogen) atoms. The molecule has 27 heteroatoms. The molecule has 5 aromatic rings. The van der Waals surface area contributed by atoms with E-state index < -0.39 is 133 Å². The van der Waals surface area contributed by atoms with E-state index in [1.165, 1.54) is 13.8 Å². The number of fused-ring (bicyclic) bond motifs is 1. The van der Waals surface area contributed by atoms with Gasteiger partial charge in [-0.3, -0.25) is 9.59 Å². The highest BCUT2D eigenvalue weighted by molar-refractivity contribution is 6.67. The number of Topliss-reactive ketones (excluding diaryl/α,β-unsaturated/α-hetero) is 2. The summed E-state index contributed by atoms with van der Waals surface area (Å²) in [5.74, 6) is -2.38. The summed E-state index contributed by atoms with van der Waals surface area (Å²) in [7, 11) is 0. The van der Waals surface area contributed by atoms with Gasteiger partial charge in [-0.05, 0) is 61.4 Å². The van der Waals surface area contributed by atoms with Crippen molar-refractivity contribution in [3.05, 3.63) is 190 Å². The molecule has 0 aromatic heterocycles. The number of azide groups is 1. The number of carbonyl (C=O) groups is 5. The van der Waals surface area contributed by atoms with E-state index in [9.17, 15) is 24.0 Å². The number of hydrogen-bond acceptors (Lipinski definition) is 21. The van der Waals surface area contributed by atoms with Crippen molar-refractivity contribution in [2.75, 3.05) is 33.0 Å². The number of benzene rings is 5. The summed E-state index contributed by atoms with van der Waals surface area (Å²) in [6.07, 6.45) is -20.8. The molecule has 1 N–H and O–H groups in total. The average molecular weight is 1420 g/mol. The normalized spacial score (nSPS) is 26.9. The molecule has 0 spiro atoms. The molecule has 4 heterocycles. The Morgan fingerprint density at radius 3 is 1.64 bits per heavy atom. The predicted octanol–water partition coefficient (Wildman–Crippen LogP) is 11.6. The van der Waals surface area contributed by atoms with E-state index in [0.29, 0.717) is 24.8 Å². The Kier molecular flexibility index (Phi) is 29.9. The van der Waals surface area contributed by atoms with Crippen LogP contribution in [0.2, 0.25) is 0 Å². The van der Waals surface area contributed by atoms with Crippen LogP contribution in [-0.4, -0.2) is 158 Å². The molecule has 24 nitrogen and oxygen atoms in total. The van der Waals surface area contributed by atoms with Gasteiger partial charge in [-0.15, -0.1) is 0 Å². The van der Waals surface area contributed by atoms with Crippen molar-refractivity contribution in [3.8, 4) is 0 Å². The third-order valence-corrected chi connectivity index (χ3v) is 16.7. The fourth-order valence-electron chi connectivity index (χ4n) is 11.5. The lowest BCUT2D eigenvalue weighted by Crippen LogP contribution is -2.71. The highest BCUT2D eigenvalue weighted by Gasteiger charge is 2.59. The maximum Gasteiger partial charge on any atom is 0.407 e. The molecule has 4 aliphatic rings. The van der Waals surface area contributed by atoms with Crippen LogP contribution in [0.3, 0.4) is 0 Å². The van der Waals surface area contributed by atoms with E-state index in [0.717, 1.165) is 22.3 Å². The van der Waals surface area contributed by atoms with Crippen molar-refractivity contribution in [1.29, 1.82) is 0 Å². The predicted molar refractivity (Wildman–Crippen MR) is 355 cm³/mol. The Morgan fingerprint density at radius 2 is 1.08 bits per heavy atom. The Morgan fingerprint density at radius 1 is 0.561 bits per heavy atom. The number of ketones is 2. The molecule has 4 aliphatic heterocycles. The number of alkyl carbamates (subject to hydrolysis) is 1. The van der Waals surface area contributed by atoms with Gasteiger partial charge in [0.25, 0.3) is 0 Å². The summed E-state index contributed by atoms with van der Waals surface area (Å²) in [5, 5.41) is 6.54. The second kappa shape index (κ2) is 38.8. The van der Waals surface area contributed by atoms with Crippen molar-refractivity contribution in [1.82, 2.24) is 5.32 Å². The zero-order valence-corrected chi connectivity index (χ0v) is 56.9. The molecule has 0 unspecified atom stereocenters. The van der Waals surface area contributed by atoms with Gasteiger partial charge in [-0.25, -0.2) is 4.79 Å². The minimum atomic E-state index is -2.08. The highest BCUT2D eigenvalue weighted by atomic mass is 35.6. The SMILES string of the molecule is CC(=O)CCC(=O)O[C@H]1[C@H]2O[C@@H](c3ccccc3)OC[C@H]2O[C@@H](O[C@H]2[C@H](O[C@@H]3O[C@@H](C)[C@@H](OCc4ccccc4)[C@@H](OCc4ccccc4)[C@@H]3OCc3ccccc3)[C@@H](NC(=O)OCC(Cl)(Cl)Cl)[C@H](OCCCCCN=[N+]=[N-])O[C@@H]2COCc2ccccc2)[C@@H]1OC(=O)CCC(C)=O. The van der Waals surface area contributed by atoms with E-state index in [1.54, 1.807) is 31.2 Å².